The molecule has 0 aliphatic carbocycles. The Morgan fingerprint density at radius 2 is 1.71 bits per heavy atom. The highest BCUT2D eigenvalue weighted by atomic mass is 32.2. The number of sulfonamides is 1. The number of furan rings is 1. The Labute approximate surface area is 205 Å². The van der Waals surface area contributed by atoms with Crippen LogP contribution in [-0.4, -0.2) is 43.7 Å². The highest BCUT2D eigenvalue weighted by Gasteiger charge is 2.34. The van der Waals surface area contributed by atoms with E-state index in [0.29, 0.717) is 31.6 Å². The molecule has 1 aliphatic heterocycles. The normalized spacial score (nSPS) is 17.4. The number of nitrogens with one attached hydrogen (secondary N) is 2. The van der Waals surface area contributed by atoms with Gasteiger partial charge < -0.3 is 15.1 Å². The molecule has 2 N–H and O–H groups in total. The van der Waals surface area contributed by atoms with Gasteiger partial charge in [0.25, 0.3) is 0 Å². The van der Waals surface area contributed by atoms with Crippen LogP contribution in [0.25, 0.3) is 0 Å². The molecule has 0 saturated carbocycles. The van der Waals surface area contributed by atoms with Crippen LogP contribution in [0.15, 0.2) is 88.4 Å². The predicted octanol–water partition coefficient (Wildman–Crippen LogP) is 2.72. The Morgan fingerprint density at radius 3 is 2.40 bits per heavy atom. The van der Waals surface area contributed by atoms with Crippen molar-refractivity contribution < 1.29 is 22.4 Å². The summed E-state index contributed by atoms with van der Waals surface area (Å²) in [6.45, 7) is 0.646. The first-order valence-corrected chi connectivity index (χ1v) is 13.1. The smallest absolute Gasteiger partial charge is 0.243 e. The number of hydrogen-bond donors (Lipinski definition) is 2. The highest BCUT2D eigenvalue weighted by molar-refractivity contribution is 7.89. The average molecular weight is 496 g/mol. The standard InChI is InChI=1S/C26H29N3O5S/c30-25(21-11-7-15-29(19-21)35(32,33)23-13-5-2-6-14-23)28-24(17-20-9-3-1-4-10-20)26(31)27-18-22-12-8-16-34-22/h1-6,8-10,12-14,16,21,24H,7,11,15,17-19H2,(H,27,31)(H,28,30)/t21-,24+/m1/s1. The lowest BCUT2D eigenvalue weighted by Crippen LogP contribution is -2.52. The maximum absolute atomic E-state index is 13.2. The van der Waals surface area contributed by atoms with Crippen LogP contribution in [0.4, 0.5) is 0 Å². The van der Waals surface area contributed by atoms with E-state index in [1.54, 1.807) is 42.5 Å². The molecule has 1 aliphatic rings. The Bertz CT molecular complexity index is 1210. The molecule has 1 saturated heterocycles. The fourth-order valence-electron chi connectivity index (χ4n) is 4.18. The minimum atomic E-state index is -3.69. The van der Waals surface area contributed by atoms with Crippen molar-refractivity contribution in [2.75, 3.05) is 13.1 Å². The Morgan fingerprint density at radius 1 is 1.00 bits per heavy atom. The third kappa shape index (κ3) is 6.37. The highest BCUT2D eigenvalue weighted by Crippen LogP contribution is 2.24. The second-order valence-electron chi connectivity index (χ2n) is 8.56. The van der Waals surface area contributed by atoms with Crippen LogP contribution in [0.1, 0.15) is 24.2 Å². The molecule has 3 aromatic rings. The van der Waals surface area contributed by atoms with Crippen LogP contribution in [0.2, 0.25) is 0 Å². The number of rotatable bonds is 9. The van der Waals surface area contributed by atoms with Gasteiger partial charge >= 0.3 is 0 Å². The van der Waals surface area contributed by atoms with E-state index in [2.05, 4.69) is 10.6 Å². The van der Waals surface area contributed by atoms with Crippen molar-refractivity contribution in [3.63, 3.8) is 0 Å². The van der Waals surface area contributed by atoms with E-state index in [0.717, 1.165) is 5.56 Å². The topological polar surface area (TPSA) is 109 Å². The van der Waals surface area contributed by atoms with Gasteiger partial charge in [0, 0.05) is 19.5 Å². The number of carbonyl (C=O) groups excluding carboxylic acids is 2. The third-order valence-corrected chi connectivity index (χ3v) is 7.95. The monoisotopic (exact) mass is 495 g/mol. The molecule has 35 heavy (non-hydrogen) atoms. The third-order valence-electron chi connectivity index (χ3n) is 6.07. The number of amides is 2. The first kappa shape index (κ1) is 24.7. The number of carbonyl (C=O) groups is 2. The van der Waals surface area contributed by atoms with E-state index < -0.39 is 22.0 Å². The first-order valence-electron chi connectivity index (χ1n) is 11.6. The summed E-state index contributed by atoms with van der Waals surface area (Å²) in [7, 11) is -3.69. The molecular formula is C26H29N3O5S. The molecule has 9 heteroatoms. The van der Waals surface area contributed by atoms with Crippen LogP contribution in [0.5, 0.6) is 0 Å². The number of piperidine rings is 1. The fraction of sp³-hybridized carbons (Fsp3) is 0.308. The molecule has 2 heterocycles. The van der Waals surface area contributed by atoms with Gasteiger partial charge in [0.05, 0.1) is 23.6 Å². The number of nitrogens with zero attached hydrogens (tertiary/aromatic N) is 1. The van der Waals surface area contributed by atoms with E-state index in [1.165, 1.54) is 10.6 Å². The minimum Gasteiger partial charge on any atom is -0.467 e. The summed E-state index contributed by atoms with van der Waals surface area (Å²) in [6.07, 6.45) is 2.97. The van der Waals surface area contributed by atoms with Gasteiger partial charge in [0.2, 0.25) is 21.8 Å². The van der Waals surface area contributed by atoms with Gasteiger partial charge in [-0.2, -0.15) is 4.31 Å². The summed E-state index contributed by atoms with van der Waals surface area (Å²) in [5.41, 5.74) is 0.905. The maximum Gasteiger partial charge on any atom is 0.243 e. The Balaban J connectivity index is 1.44. The number of hydrogen-bond acceptors (Lipinski definition) is 5. The van der Waals surface area contributed by atoms with Crippen molar-refractivity contribution >= 4 is 21.8 Å². The molecule has 8 nitrogen and oxygen atoms in total. The zero-order valence-corrected chi connectivity index (χ0v) is 20.1. The predicted molar refractivity (Wildman–Crippen MR) is 131 cm³/mol. The van der Waals surface area contributed by atoms with Gasteiger partial charge in [-0.1, -0.05) is 48.5 Å². The maximum atomic E-state index is 13.2. The van der Waals surface area contributed by atoms with Crippen LogP contribution >= 0.6 is 0 Å². The van der Waals surface area contributed by atoms with Crippen molar-refractivity contribution in [3.8, 4) is 0 Å². The minimum absolute atomic E-state index is 0.0785. The second-order valence-corrected chi connectivity index (χ2v) is 10.5. The van der Waals surface area contributed by atoms with Gasteiger partial charge in [-0.15, -0.1) is 0 Å². The first-order chi connectivity index (χ1) is 16.9. The quantitative estimate of drug-likeness (QED) is 0.475. The number of benzene rings is 2. The van der Waals surface area contributed by atoms with Crippen LogP contribution < -0.4 is 10.6 Å². The molecule has 1 aromatic heterocycles. The molecule has 0 bridgehead atoms. The van der Waals surface area contributed by atoms with Crippen LogP contribution in [-0.2, 0) is 32.6 Å². The van der Waals surface area contributed by atoms with Crippen LogP contribution in [0, 0.1) is 5.92 Å². The van der Waals surface area contributed by atoms with Gasteiger partial charge in [-0.05, 0) is 42.7 Å². The molecule has 0 unspecified atom stereocenters. The van der Waals surface area contributed by atoms with E-state index in [4.69, 9.17) is 4.42 Å². The zero-order valence-electron chi connectivity index (χ0n) is 19.3. The van der Waals surface area contributed by atoms with Crippen molar-refractivity contribution in [1.82, 2.24) is 14.9 Å². The summed E-state index contributed by atoms with van der Waals surface area (Å²) in [4.78, 5) is 26.4. The van der Waals surface area contributed by atoms with E-state index in [9.17, 15) is 18.0 Å². The molecule has 2 amide bonds. The summed E-state index contributed by atoms with van der Waals surface area (Å²) in [5, 5.41) is 5.69. The summed E-state index contributed by atoms with van der Waals surface area (Å²) in [6, 6.07) is 20.3. The van der Waals surface area contributed by atoms with Gasteiger partial charge in [0.15, 0.2) is 0 Å². The molecule has 4 rings (SSSR count). The van der Waals surface area contributed by atoms with E-state index in [1.807, 2.05) is 30.3 Å². The average Bonchev–Trinajstić information content (AvgIpc) is 3.42. The SMILES string of the molecule is O=C(N[C@@H](Cc1ccccc1)C(=O)NCc1ccco1)[C@@H]1CCCN(S(=O)(=O)c2ccccc2)C1. The van der Waals surface area contributed by atoms with E-state index in [-0.39, 0.29) is 29.8 Å². The summed E-state index contributed by atoms with van der Waals surface area (Å²) in [5.74, 6) is -0.592. The molecule has 0 spiro atoms. The van der Waals surface area contributed by atoms with Crippen LogP contribution in [0.3, 0.4) is 0 Å². The van der Waals surface area contributed by atoms with Gasteiger partial charge in [-0.3, -0.25) is 9.59 Å². The summed E-state index contributed by atoms with van der Waals surface area (Å²) < 4.78 is 32.7. The molecule has 0 radical (unpaired) electrons. The second kappa shape index (κ2) is 11.3. The molecule has 2 atom stereocenters. The summed E-state index contributed by atoms with van der Waals surface area (Å²) >= 11 is 0. The molecule has 2 aromatic carbocycles. The van der Waals surface area contributed by atoms with Gasteiger partial charge in [0.1, 0.15) is 11.8 Å². The van der Waals surface area contributed by atoms with E-state index >= 15 is 0 Å². The van der Waals surface area contributed by atoms with Crippen molar-refractivity contribution in [2.24, 2.45) is 5.92 Å². The lowest BCUT2D eigenvalue weighted by atomic mass is 9.97. The fourth-order valence-corrected chi connectivity index (χ4v) is 5.72. The zero-order chi connectivity index (χ0) is 24.7. The lowest BCUT2D eigenvalue weighted by molar-refractivity contribution is -0.132. The Kier molecular flexibility index (Phi) is 7.99. The molecular weight excluding hydrogens is 466 g/mol. The Hall–Kier alpha value is -3.43. The molecule has 1 fully saturated rings. The van der Waals surface area contributed by atoms with Crippen molar-refractivity contribution in [1.29, 1.82) is 0 Å². The van der Waals surface area contributed by atoms with Crippen molar-refractivity contribution in [3.05, 3.63) is 90.4 Å². The largest absolute Gasteiger partial charge is 0.467 e. The molecule has 184 valence electrons. The van der Waals surface area contributed by atoms with Crippen molar-refractivity contribution in [2.45, 2.75) is 36.7 Å². The van der Waals surface area contributed by atoms with Gasteiger partial charge in [-0.25, -0.2) is 8.42 Å². The lowest BCUT2D eigenvalue weighted by Gasteiger charge is -2.32.